The summed E-state index contributed by atoms with van der Waals surface area (Å²) in [7, 11) is 0. The zero-order chi connectivity index (χ0) is 22.9. The second-order valence-corrected chi connectivity index (χ2v) is 7.73. The zero-order valence-electron chi connectivity index (χ0n) is 17.5. The molecular formula is C27H20F2N2O2. The van der Waals surface area contributed by atoms with E-state index < -0.39 is 12.5 Å². The second-order valence-electron chi connectivity index (χ2n) is 7.73. The van der Waals surface area contributed by atoms with Gasteiger partial charge in [0.1, 0.15) is 5.75 Å². The fourth-order valence-electron chi connectivity index (χ4n) is 4.35. The van der Waals surface area contributed by atoms with E-state index in [0.717, 1.165) is 32.9 Å². The van der Waals surface area contributed by atoms with Gasteiger partial charge in [-0.15, -0.1) is 0 Å². The first kappa shape index (κ1) is 20.7. The van der Waals surface area contributed by atoms with Crippen LogP contribution in [0.2, 0.25) is 0 Å². The maximum atomic E-state index is 13.0. The fraction of sp³-hybridized carbons (Fsp3) is 0.0741. The van der Waals surface area contributed by atoms with Crippen LogP contribution in [0.25, 0.3) is 32.9 Å². The van der Waals surface area contributed by atoms with Crippen LogP contribution in [0.4, 0.5) is 8.78 Å². The van der Waals surface area contributed by atoms with E-state index in [2.05, 4.69) is 0 Å². The van der Waals surface area contributed by atoms with Gasteiger partial charge in [0.25, 0.3) is 0 Å². The Bertz CT molecular complexity index is 1480. The number of nitrogens with zero attached hydrogens (tertiary/aromatic N) is 1. The smallest absolute Gasteiger partial charge is 0.387 e. The van der Waals surface area contributed by atoms with Crippen molar-refractivity contribution in [3.63, 3.8) is 0 Å². The molecule has 4 nitrogen and oxygen atoms in total. The number of carbonyl (C=O) groups is 1. The molecule has 0 spiro atoms. The van der Waals surface area contributed by atoms with Crippen LogP contribution >= 0.6 is 0 Å². The Kier molecular flexibility index (Phi) is 5.26. The lowest BCUT2D eigenvalue weighted by molar-refractivity contribution is -0.0504. The Hall–Kier alpha value is -4.19. The van der Waals surface area contributed by atoms with Crippen molar-refractivity contribution < 1.29 is 18.3 Å². The molecule has 5 rings (SSSR count). The molecule has 0 aliphatic heterocycles. The fourth-order valence-corrected chi connectivity index (χ4v) is 4.35. The summed E-state index contributed by atoms with van der Waals surface area (Å²) in [6.45, 7) is -2.64. The van der Waals surface area contributed by atoms with Crippen LogP contribution < -0.4 is 10.5 Å². The molecule has 33 heavy (non-hydrogen) atoms. The highest BCUT2D eigenvalue weighted by Gasteiger charge is 2.18. The molecule has 1 aromatic heterocycles. The number of para-hydroxylation sites is 1. The van der Waals surface area contributed by atoms with Gasteiger partial charge in [-0.05, 0) is 35.4 Å². The summed E-state index contributed by atoms with van der Waals surface area (Å²) in [6.07, 6.45) is 0. The molecule has 0 aliphatic carbocycles. The summed E-state index contributed by atoms with van der Waals surface area (Å²) < 4.78 is 32.7. The number of carbonyl (C=O) groups excluding carboxylic acids is 1. The molecule has 0 bridgehead atoms. The Labute approximate surface area is 188 Å². The van der Waals surface area contributed by atoms with Gasteiger partial charge >= 0.3 is 6.61 Å². The van der Waals surface area contributed by atoms with E-state index in [1.54, 1.807) is 30.3 Å². The summed E-state index contributed by atoms with van der Waals surface area (Å²) in [6, 6.07) is 28.1. The SMILES string of the molecule is NC(=O)c1cccc2c1c1ccc(-c3ccccc3)cc1n2Cc1ccccc1OC(F)F. The highest BCUT2D eigenvalue weighted by atomic mass is 19.3. The van der Waals surface area contributed by atoms with Gasteiger partial charge in [0, 0.05) is 21.9 Å². The number of fused-ring (bicyclic) bond motifs is 3. The molecule has 4 aromatic carbocycles. The van der Waals surface area contributed by atoms with Crippen LogP contribution in [0, 0.1) is 0 Å². The van der Waals surface area contributed by atoms with Crippen LogP contribution in [0.1, 0.15) is 15.9 Å². The van der Waals surface area contributed by atoms with Crippen LogP contribution in [-0.2, 0) is 6.54 Å². The van der Waals surface area contributed by atoms with Crippen molar-refractivity contribution in [2.24, 2.45) is 5.73 Å². The van der Waals surface area contributed by atoms with Crippen LogP contribution in [0.15, 0.2) is 91.0 Å². The average Bonchev–Trinajstić information content (AvgIpc) is 3.13. The van der Waals surface area contributed by atoms with Crippen LogP contribution in [-0.4, -0.2) is 17.1 Å². The van der Waals surface area contributed by atoms with Gasteiger partial charge in [0.05, 0.1) is 17.6 Å². The monoisotopic (exact) mass is 442 g/mol. The number of benzene rings is 4. The number of nitrogens with two attached hydrogens (primary N) is 1. The minimum atomic E-state index is -2.92. The standard InChI is InChI=1S/C27H20F2N2O2/c28-27(29)33-24-12-5-4-9-19(24)16-31-22-11-6-10-21(26(30)32)25(22)20-14-13-18(15-23(20)31)17-7-2-1-3-8-17/h1-15,27H,16H2,(H2,30,32). The maximum Gasteiger partial charge on any atom is 0.387 e. The van der Waals surface area contributed by atoms with Gasteiger partial charge in [-0.2, -0.15) is 8.78 Å². The molecule has 0 radical (unpaired) electrons. The molecule has 1 heterocycles. The van der Waals surface area contributed by atoms with Crippen molar-refractivity contribution >= 4 is 27.7 Å². The molecule has 2 N–H and O–H groups in total. The van der Waals surface area contributed by atoms with E-state index in [0.29, 0.717) is 11.1 Å². The van der Waals surface area contributed by atoms with Gasteiger partial charge in [-0.25, -0.2) is 0 Å². The lowest BCUT2D eigenvalue weighted by atomic mass is 10.0. The number of aromatic nitrogens is 1. The Morgan fingerprint density at radius 2 is 1.61 bits per heavy atom. The molecule has 0 atom stereocenters. The van der Waals surface area contributed by atoms with Crippen molar-refractivity contribution in [3.05, 3.63) is 102 Å². The number of hydrogen-bond donors (Lipinski definition) is 1. The first-order valence-electron chi connectivity index (χ1n) is 10.5. The van der Waals surface area contributed by atoms with Crippen molar-refractivity contribution in [1.82, 2.24) is 4.57 Å². The van der Waals surface area contributed by atoms with E-state index in [1.807, 2.05) is 59.2 Å². The first-order chi connectivity index (χ1) is 16.0. The zero-order valence-corrected chi connectivity index (χ0v) is 17.5. The molecule has 0 saturated heterocycles. The van der Waals surface area contributed by atoms with Crippen molar-refractivity contribution in [2.75, 3.05) is 0 Å². The maximum absolute atomic E-state index is 13.0. The van der Waals surface area contributed by atoms with Crippen molar-refractivity contribution in [1.29, 1.82) is 0 Å². The largest absolute Gasteiger partial charge is 0.434 e. The number of rotatable bonds is 6. The molecule has 0 unspecified atom stereocenters. The third-order valence-electron chi connectivity index (χ3n) is 5.78. The highest BCUT2D eigenvalue weighted by molar-refractivity contribution is 6.18. The van der Waals surface area contributed by atoms with E-state index in [1.165, 1.54) is 6.07 Å². The Balaban J connectivity index is 1.77. The quantitative estimate of drug-likeness (QED) is 0.340. The normalized spacial score (nSPS) is 11.4. The minimum Gasteiger partial charge on any atom is -0.434 e. The Morgan fingerprint density at radius 1 is 0.848 bits per heavy atom. The third kappa shape index (κ3) is 3.80. The first-order valence-corrected chi connectivity index (χ1v) is 10.5. The Morgan fingerprint density at radius 3 is 2.36 bits per heavy atom. The number of halogens is 2. The van der Waals surface area contributed by atoms with E-state index in [-0.39, 0.29) is 12.3 Å². The van der Waals surface area contributed by atoms with E-state index in [9.17, 15) is 13.6 Å². The average molecular weight is 442 g/mol. The predicted molar refractivity (Wildman–Crippen MR) is 126 cm³/mol. The molecule has 1 amide bonds. The van der Waals surface area contributed by atoms with Gasteiger partial charge in [-0.1, -0.05) is 66.7 Å². The summed E-state index contributed by atoms with van der Waals surface area (Å²) in [5, 5.41) is 1.61. The number of alkyl halides is 2. The molecule has 164 valence electrons. The third-order valence-corrected chi connectivity index (χ3v) is 5.78. The predicted octanol–water partition coefficient (Wildman–Crippen LogP) is 6.21. The number of amides is 1. The summed E-state index contributed by atoms with van der Waals surface area (Å²) in [5.74, 6) is -0.402. The second kappa shape index (κ2) is 8.39. The number of primary amides is 1. The van der Waals surface area contributed by atoms with Crippen molar-refractivity contribution in [3.8, 4) is 16.9 Å². The van der Waals surface area contributed by atoms with Gasteiger partial charge in [-0.3, -0.25) is 4.79 Å². The van der Waals surface area contributed by atoms with E-state index >= 15 is 0 Å². The molecule has 0 aliphatic rings. The van der Waals surface area contributed by atoms with Gasteiger partial charge in [0.15, 0.2) is 0 Å². The summed E-state index contributed by atoms with van der Waals surface area (Å²) in [5.41, 5.74) is 10.4. The lowest BCUT2D eigenvalue weighted by Crippen LogP contribution is -2.11. The van der Waals surface area contributed by atoms with Crippen LogP contribution in [0.5, 0.6) is 5.75 Å². The molecule has 6 heteroatoms. The molecular weight excluding hydrogens is 422 g/mol. The van der Waals surface area contributed by atoms with Crippen molar-refractivity contribution in [2.45, 2.75) is 13.2 Å². The summed E-state index contributed by atoms with van der Waals surface area (Å²) in [4.78, 5) is 12.2. The minimum absolute atomic E-state index is 0.118. The van der Waals surface area contributed by atoms with Gasteiger partial charge in [0.2, 0.25) is 5.91 Å². The molecule has 0 fully saturated rings. The number of ether oxygens (including phenoxy) is 1. The topological polar surface area (TPSA) is 57.2 Å². The molecule has 0 saturated carbocycles. The summed E-state index contributed by atoms with van der Waals surface area (Å²) >= 11 is 0. The van der Waals surface area contributed by atoms with E-state index in [4.69, 9.17) is 10.5 Å². The number of hydrogen-bond acceptors (Lipinski definition) is 2. The highest BCUT2D eigenvalue weighted by Crippen LogP contribution is 2.36. The van der Waals surface area contributed by atoms with Gasteiger partial charge < -0.3 is 15.0 Å². The van der Waals surface area contributed by atoms with Crippen LogP contribution in [0.3, 0.4) is 0 Å². The molecule has 5 aromatic rings. The lowest BCUT2D eigenvalue weighted by Gasteiger charge is -2.13.